The Labute approximate surface area is 198 Å². The number of hydrogen-bond donors (Lipinski definition) is 1. The summed E-state index contributed by atoms with van der Waals surface area (Å²) < 4.78 is 7.53. The Hall–Kier alpha value is -3.13. The predicted octanol–water partition coefficient (Wildman–Crippen LogP) is 4.27. The van der Waals surface area contributed by atoms with Crippen LogP contribution in [0.2, 0.25) is 0 Å². The number of thioether (sulfide) groups is 1. The number of aromatic nitrogens is 3. The number of aryl methyl sites for hydroxylation is 2. The van der Waals surface area contributed by atoms with Crippen molar-refractivity contribution in [1.29, 1.82) is 0 Å². The Morgan fingerprint density at radius 3 is 2.39 bits per heavy atom. The minimum atomic E-state index is -0.0512. The molecule has 0 radical (unpaired) electrons. The summed E-state index contributed by atoms with van der Waals surface area (Å²) in [5.41, 5.74) is 2.81. The zero-order valence-electron chi connectivity index (χ0n) is 19.3. The van der Waals surface area contributed by atoms with Gasteiger partial charge in [-0.15, -0.1) is 10.2 Å². The van der Waals surface area contributed by atoms with Gasteiger partial charge in [-0.1, -0.05) is 43.0 Å². The molecule has 0 saturated heterocycles. The van der Waals surface area contributed by atoms with Gasteiger partial charge in [0.2, 0.25) is 5.91 Å². The predicted molar refractivity (Wildman–Crippen MR) is 130 cm³/mol. The van der Waals surface area contributed by atoms with Crippen molar-refractivity contribution in [3.63, 3.8) is 0 Å². The molecule has 0 aliphatic rings. The molecule has 1 amide bonds. The topological polar surface area (TPSA) is 86.1 Å². The second kappa shape index (κ2) is 12.2. The first-order valence-corrected chi connectivity index (χ1v) is 12.2. The molecule has 0 aliphatic heterocycles. The van der Waals surface area contributed by atoms with Crippen LogP contribution in [-0.2, 0) is 17.6 Å². The van der Waals surface area contributed by atoms with Gasteiger partial charge in [0, 0.05) is 31.1 Å². The van der Waals surface area contributed by atoms with Crippen LogP contribution >= 0.6 is 11.8 Å². The lowest BCUT2D eigenvalue weighted by Gasteiger charge is -2.11. The second-order valence-electron chi connectivity index (χ2n) is 7.51. The molecule has 8 heteroatoms. The van der Waals surface area contributed by atoms with Gasteiger partial charge in [0.25, 0.3) is 0 Å². The summed E-state index contributed by atoms with van der Waals surface area (Å²) in [7, 11) is 0. The molecule has 0 aliphatic carbocycles. The van der Waals surface area contributed by atoms with Crippen LogP contribution in [0.4, 0.5) is 0 Å². The quantitative estimate of drug-likeness (QED) is 0.244. The van der Waals surface area contributed by atoms with E-state index >= 15 is 0 Å². The third-order valence-corrected chi connectivity index (χ3v) is 6.00. The molecule has 1 heterocycles. The average molecular weight is 467 g/mol. The molecule has 0 saturated carbocycles. The van der Waals surface area contributed by atoms with E-state index in [2.05, 4.69) is 22.4 Å². The van der Waals surface area contributed by atoms with Gasteiger partial charge in [-0.3, -0.25) is 14.2 Å². The number of amides is 1. The number of carbonyl (C=O) groups excluding carboxylic acids is 2. The fraction of sp³-hybridized carbons (Fsp3) is 0.360. The van der Waals surface area contributed by atoms with Crippen molar-refractivity contribution in [3.8, 4) is 11.4 Å². The highest BCUT2D eigenvalue weighted by atomic mass is 32.2. The molecule has 1 aromatic heterocycles. The fourth-order valence-corrected chi connectivity index (χ4v) is 4.19. The normalized spacial score (nSPS) is 10.8. The maximum atomic E-state index is 12.7. The molecule has 33 heavy (non-hydrogen) atoms. The van der Waals surface area contributed by atoms with E-state index in [1.807, 2.05) is 60.0 Å². The summed E-state index contributed by atoms with van der Waals surface area (Å²) in [6.07, 6.45) is 2.33. The van der Waals surface area contributed by atoms with Gasteiger partial charge in [0.05, 0.1) is 12.4 Å². The van der Waals surface area contributed by atoms with Gasteiger partial charge in [-0.2, -0.15) is 0 Å². The minimum absolute atomic E-state index is 0.0512. The third kappa shape index (κ3) is 6.92. The van der Waals surface area contributed by atoms with Crippen molar-refractivity contribution in [2.45, 2.75) is 45.2 Å². The first kappa shape index (κ1) is 24.5. The summed E-state index contributed by atoms with van der Waals surface area (Å²) >= 11 is 1.37. The number of ether oxygens (including phenoxy) is 1. The lowest BCUT2D eigenvalue weighted by Crippen LogP contribution is -2.21. The summed E-state index contributed by atoms with van der Waals surface area (Å²) in [5.74, 6) is 1.85. The van der Waals surface area contributed by atoms with Crippen LogP contribution in [0.5, 0.6) is 5.75 Å². The van der Waals surface area contributed by atoms with Crippen LogP contribution in [0.25, 0.3) is 5.69 Å². The number of nitrogens with one attached hydrogen (secondary N) is 1. The van der Waals surface area contributed by atoms with Crippen molar-refractivity contribution in [3.05, 3.63) is 65.5 Å². The number of nitrogens with zero attached hydrogens (tertiary/aromatic N) is 3. The highest BCUT2D eigenvalue weighted by molar-refractivity contribution is 7.99. The van der Waals surface area contributed by atoms with Crippen molar-refractivity contribution in [2.24, 2.45) is 0 Å². The van der Waals surface area contributed by atoms with Gasteiger partial charge in [-0.05, 0) is 49.6 Å². The molecule has 0 fully saturated rings. The summed E-state index contributed by atoms with van der Waals surface area (Å²) in [6, 6.07) is 15.5. The summed E-state index contributed by atoms with van der Waals surface area (Å²) in [4.78, 5) is 23.9. The highest BCUT2D eigenvalue weighted by Crippen LogP contribution is 2.25. The molecule has 0 spiro atoms. The Bertz CT molecular complexity index is 1060. The van der Waals surface area contributed by atoms with Gasteiger partial charge in [0.15, 0.2) is 10.9 Å². The van der Waals surface area contributed by atoms with Crippen LogP contribution in [0.15, 0.2) is 53.7 Å². The minimum Gasteiger partial charge on any atom is -0.494 e. The monoisotopic (exact) mass is 466 g/mol. The Morgan fingerprint density at radius 2 is 1.76 bits per heavy atom. The molecule has 2 aromatic carbocycles. The standard InChI is InChI=1S/C25H30N4O3S/c1-4-19-8-10-20(11-9-19)23(31)17-33-25-28-27-24(7-6-16-26-18(3)30)29(25)21-12-14-22(15-13-21)32-5-2/h8-15H,4-7,16-17H2,1-3H3,(H,26,30). The van der Waals surface area contributed by atoms with Crippen LogP contribution in [0.1, 0.15) is 48.9 Å². The molecule has 174 valence electrons. The molecular formula is C25H30N4O3S. The molecule has 7 nitrogen and oxygen atoms in total. The third-order valence-electron chi connectivity index (χ3n) is 5.07. The highest BCUT2D eigenvalue weighted by Gasteiger charge is 2.17. The van der Waals surface area contributed by atoms with Gasteiger partial charge < -0.3 is 10.1 Å². The van der Waals surface area contributed by atoms with Gasteiger partial charge in [0.1, 0.15) is 11.6 Å². The number of ketones is 1. The molecule has 0 unspecified atom stereocenters. The van der Waals surface area contributed by atoms with E-state index in [9.17, 15) is 9.59 Å². The summed E-state index contributed by atoms with van der Waals surface area (Å²) in [5, 5.41) is 12.2. The molecule has 0 bridgehead atoms. The molecule has 3 aromatic rings. The largest absolute Gasteiger partial charge is 0.494 e. The maximum Gasteiger partial charge on any atom is 0.216 e. The van der Waals surface area contributed by atoms with E-state index in [1.165, 1.54) is 24.2 Å². The second-order valence-corrected chi connectivity index (χ2v) is 8.45. The first-order valence-electron chi connectivity index (χ1n) is 11.2. The van der Waals surface area contributed by atoms with E-state index in [0.717, 1.165) is 30.1 Å². The van der Waals surface area contributed by atoms with Gasteiger partial charge >= 0.3 is 0 Å². The number of rotatable bonds is 12. The molecule has 3 rings (SSSR count). The van der Waals surface area contributed by atoms with Crippen molar-refractivity contribution in [2.75, 3.05) is 18.9 Å². The van der Waals surface area contributed by atoms with Crippen LogP contribution in [-0.4, -0.2) is 45.4 Å². The van der Waals surface area contributed by atoms with Crippen molar-refractivity contribution >= 4 is 23.5 Å². The Kier molecular flexibility index (Phi) is 9.06. The Morgan fingerprint density at radius 1 is 1.03 bits per heavy atom. The SMILES string of the molecule is CCOc1ccc(-n2c(CCCNC(C)=O)nnc2SCC(=O)c2ccc(CC)cc2)cc1. The summed E-state index contributed by atoms with van der Waals surface area (Å²) in [6.45, 7) is 6.71. The fourth-order valence-electron chi connectivity index (χ4n) is 3.32. The van der Waals surface area contributed by atoms with Crippen LogP contribution < -0.4 is 10.1 Å². The van der Waals surface area contributed by atoms with E-state index in [-0.39, 0.29) is 17.4 Å². The van der Waals surface area contributed by atoms with Crippen LogP contribution in [0.3, 0.4) is 0 Å². The zero-order chi connectivity index (χ0) is 23.6. The lowest BCUT2D eigenvalue weighted by atomic mass is 10.1. The zero-order valence-corrected chi connectivity index (χ0v) is 20.2. The first-order chi connectivity index (χ1) is 16.0. The van der Waals surface area contributed by atoms with E-state index in [4.69, 9.17) is 4.74 Å². The van der Waals surface area contributed by atoms with E-state index < -0.39 is 0 Å². The molecule has 1 N–H and O–H groups in total. The lowest BCUT2D eigenvalue weighted by molar-refractivity contribution is -0.118. The molecule has 0 atom stereocenters. The van der Waals surface area contributed by atoms with E-state index in [1.54, 1.807) is 0 Å². The Balaban J connectivity index is 1.77. The molecular weight excluding hydrogens is 436 g/mol. The van der Waals surface area contributed by atoms with Crippen molar-refractivity contribution in [1.82, 2.24) is 20.1 Å². The van der Waals surface area contributed by atoms with E-state index in [0.29, 0.717) is 30.3 Å². The number of hydrogen-bond acceptors (Lipinski definition) is 6. The van der Waals surface area contributed by atoms with Crippen LogP contribution in [0, 0.1) is 0 Å². The van der Waals surface area contributed by atoms with Gasteiger partial charge in [-0.25, -0.2) is 0 Å². The smallest absolute Gasteiger partial charge is 0.216 e. The van der Waals surface area contributed by atoms with Crippen molar-refractivity contribution < 1.29 is 14.3 Å². The average Bonchev–Trinajstić information content (AvgIpc) is 3.23. The number of benzene rings is 2. The number of carbonyl (C=O) groups is 2. The maximum absolute atomic E-state index is 12.7. The number of Topliss-reactive ketones (excluding diaryl/α,β-unsaturated/α-hetero) is 1.